The van der Waals surface area contributed by atoms with Gasteiger partial charge in [0.2, 0.25) is 0 Å². The average Bonchev–Trinajstić information content (AvgIpc) is 2.21. The third-order valence-electron chi connectivity index (χ3n) is 3.04. The lowest BCUT2D eigenvalue weighted by molar-refractivity contribution is 0.118. The van der Waals surface area contributed by atoms with E-state index in [0.717, 1.165) is 25.3 Å². The second kappa shape index (κ2) is 7.49. The number of hydrogen-bond donors (Lipinski definition) is 1. The van der Waals surface area contributed by atoms with Gasteiger partial charge in [-0.3, -0.25) is 0 Å². The zero-order valence-corrected chi connectivity index (χ0v) is 9.68. The lowest BCUT2D eigenvalue weighted by atomic mass is 9.99. The summed E-state index contributed by atoms with van der Waals surface area (Å²) < 4.78 is 0. The first kappa shape index (κ1) is 12.3. The molecule has 1 fully saturated rings. The van der Waals surface area contributed by atoms with Gasteiger partial charge in [0.05, 0.1) is 0 Å². The molecular formula is C11H22ClNO. The quantitative estimate of drug-likeness (QED) is 0.547. The molecule has 0 saturated carbocycles. The van der Waals surface area contributed by atoms with E-state index < -0.39 is 0 Å². The van der Waals surface area contributed by atoms with Crippen LogP contribution < -0.4 is 0 Å². The van der Waals surface area contributed by atoms with Gasteiger partial charge in [-0.1, -0.05) is 6.42 Å². The molecule has 1 N–H and O–H groups in total. The van der Waals surface area contributed by atoms with Crippen molar-refractivity contribution in [3.05, 3.63) is 0 Å². The van der Waals surface area contributed by atoms with Gasteiger partial charge in [0.1, 0.15) is 0 Å². The number of likely N-dealkylation sites (tertiary alicyclic amines) is 1. The van der Waals surface area contributed by atoms with E-state index in [-0.39, 0.29) is 0 Å². The van der Waals surface area contributed by atoms with Gasteiger partial charge >= 0.3 is 0 Å². The number of alkyl halides is 1. The fourth-order valence-corrected chi connectivity index (χ4v) is 2.43. The topological polar surface area (TPSA) is 23.5 Å². The highest BCUT2D eigenvalue weighted by Crippen LogP contribution is 2.19. The predicted molar refractivity (Wildman–Crippen MR) is 60.9 cm³/mol. The minimum absolute atomic E-state index is 0.330. The largest absolute Gasteiger partial charge is 0.396 e. The third-order valence-corrected chi connectivity index (χ3v) is 3.31. The lowest BCUT2D eigenvalue weighted by Crippen LogP contribution is -2.40. The second-order valence-electron chi connectivity index (χ2n) is 4.09. The van der Waals surface area contributed by atoms with E-state index in [1.165, 1.54) is 32.2 Å². The molecule has 0 spiro atoms. The number of nitrogens with zero attached hydrogens (tertiary/aromatic N) is 1. The van der Waals surface area contributed by atoms with Gasteiger partial charge in [-0.2, -0.15) is 0 Å². The van der Waals surface area contributed by atoms with E-state index in [9.17, 15) is 0 Å². The predicted octanol–water partition coefficient (Wildman–Crippen LogP) is 2.24. The van der Waals surface area contributed by atoms with Crippen LogP contribution in [0, 0.1) is 0 Å². The Bertz CT molecular complexity index is 141. The van der Waals surface area contributed by atoms with Gasteiger partial charge in [-0.15, -0.1) is 11.6 Å². The first-order chi connectivity index (χ1) is 6.88. The summed E-state index contributed by atoms with van der Waals surface area (Å²) in [6.45, 7) is 2.71. The van der Waals surface area contributed by atoms with Crippen LogP contribution in [-0.4, -0.2) is 41.6 Å². The summed E-state index contributed by atoms with van der Waals surface area (Å²) >= 11 is 5.66. The highest BCUT2D eigenvalue weighted by atomic mass is 35.5. The number of rotatable bonds is 6. The first-order valence-electron chi connectivity index (χ1n) is 5.79. The fraction of sp³-hybridized carbons (Fsp3) is 1.00. The van der Waals surface area contributed by atoms with Crippen LogP contribution in [0.3, 0.4) is 0 Å². The molecule has 1 atom stereocenters. The molecule has 2 nitrogen and oxygen atoms in total. The van der Waals surface area contributed by atoms with Gasteiger partial charge in [0, 0.05) is 18.5 Å². The highest BCUT2D eigenvalue weighted by molar-refractivity contribution is 6.17. The molecule has 1 unspecified atom stereocenters. The maximum Gasteiger partial charge on any atom is 0.0445 e. The molecule has 0 aromatic rings. The fourth-order valence-electron chi connectivity index (χ4n) is 2.24. The van der Waals surface area contributed by atoms with Crippen molar-refractivity contribution in [1.29, 1.82) is 0 Å². The smallest absolute Gasteiger partial charge is 0.0445 e. The Balaban J connectivity index is 2.22. The number of aliphatic hydroxyl groups excluding tert-OH is 1. The lowest BCUT2D eigenvalue weighted by Gasteiger charge is -2.35. The van der Waals surface area contributed by atoms with Gasteiger partial charge in [0.15, 0.2) is 0 Å². The Morgan fingerprint density at radius 2 is 2.14 bits per heavy atom. The van der Waals surface area contributed by atoms with E-state index >= 15 is 0 Å². The zero-order chi connectivity index (χ0) is 10.2. The summed E-state index contributed by atoms with van der Waals surface area (Å²) in [6.07, 6.45) is 7.18. The highest BCUT2D eigenvalue weighted by Gasteiger charge is 2.20. The molecule has 1 rings (SSSR count). The summed E-state index contributed by atoms with van der Waals surface area (Å²) in [5, 5.41) is 8.96. The number of hydrogen-bond acceptors (Lipinski definition) is 2. The maximum absolute atomic E-state index is 8.96. The number of halogens is 1. The monoisotopic (exact) mass is 219 g/mol. The van der Waals surface area contributed by atoms with Crippen molar-refractivity contribution < 1.29 is 5.11 Å². The van der Waals surface area contributed by atoms with Crippen LogP contribution in [-0.2, 0) is 0 Å². The zero-order valence-electron chi connectivity index (χ0n) is 8.92. The summed E-state index contributed by atoms with van der Waals surface area (Å²) in [4.78, 5) is 2.53. The van der Waals surface area contributed by atoms with E-state index in [1.807, 2.05) is 0 Å². The molecule has 0 aromatic heterocycles. The molecule has 1 saturated heterocycles. The first-order valence-corrected chi connectivity index (χ1v) is 6.33. The van der Waals surface area contributed by atoms with Crippen LogP contribution in [0.2, 0.25) is 0 Å². The summed E-state index contributed by atoms with van der Waals surface area (Å²) in [5.74, 6) is 0.776. The van der Waals surface area contributed by atoms with Crippen molar-refractivity contribution in [3.8, 4) is 0 Å². The van der Waals surface area contributed by atoms with Crippen molar-refractivity contribution in [2.24, 2.45) is 0 Å². The van der Waals surface area contributed by atoms with Crippen LogP contribution in [0.25, 0.3) is 0 Å². The van der Waals surface area contributed by atoms with Gasteiger partial charge in [-0.05, 0) is 45.2 Å². The molecule has 84 valence electrons. The van der Waals surface area contributed by atoms with E-state index in [2.05, 4.69) is 4.90 Å². The van der Waals surface area contributed by atoms with Crippen LogP contribution in [0.15, 0.2) is 0 Å². The Labute approximate surface area is 92.2 Å². The molecule has 0 aromatic carbocycles. The molecule has 14 heavy (non-hydrogen) atoms. The standard InChI is InChI=1S/C11H22ClNO/c12-7-2-4-9-13-8-3-1-5-11(13)6-10-14/h11,14H,1-10H2. The average molecular weight is 220 g/mol. The summed E-state index contributed by atoms with van der Waals surface area (Å²) in [5.41, 5.74) is 0. The van der Waals surface area contributed by atoms with E-state index in [1.54, 1.807) is 0 Å². The van der Waals surface area contributed by atoms with Gasteiger partial charge in [0.25, 0.3) is 0 Å². The Morgan fingerprint density at radius 3 is 2.86 bits per heavy atom. The van der Waals surface area contributed by atoms with Crippen molar-refractivity contribution in [2.75, 3.05) is 25.6 Å². The van der Waals surface area contributed by atoms with Crippen molar-refractivity contribution in [1.82, 2.24) is 4.90 Å². The van der Waals surface area contributed by atoms with Crippen LogP contribution >= 0.6 is 11.6 Å². The normalized spacial score (nSPS) is 24.0. The third kappa shape index (κ3) is 4.16. The summed E-state index contributed by atoms with van der Waals surface area (Å²) in [6, 6.07) is 0.629. The molecule has 1 heterocycles. The van der Waals surface area contributed by atoms with Crippen molar-refractivity contribution in [3.63, 3.8) is 0 Å². The minimum atomic E-state index is 0.330. The molecular weight excluding hydrogens is 198 g/mol. The maximum atomic E-state index is 8.96. The number of aliphatic hydroxyl groups is 1. The Morgan fingerprint density at radius 1 is 1.29 bits per heavy atom. The molecule has 0 amide bonds. The number of unbranched alkanes of at least 4 members (excludes halogenated alkanes) is 1. The molecule has 0 radical (unpaired) electrons. The van der Waals surface area contributed by atoms with Gasteiger partial charge in [-0.25, -0.2) is 0 Å². The molecule has 1 aliphatic rings. The minimum Gasteiger partial charge on any atom is -0.396 e. The molecule has 3 heteroatoms. The van der Waals surface area contributed by atoms with Crippen LogP contribution in [0.1, 0.15) is 38.5 Å². The molecule has 0 aliphatic carbocycles. The number of piperidine rings is 1. The van der Waals surface area contributed by atoms with Crippen LogP contribution in [0.4, 0.5) is 0 Å². The molecule has 0 bridgehead atoms. The van der Waals surface area contributed by atoms with Crippen molar-refractivity contribution >= 4 is 11.6 Å². The SMILES string of the molecule is OCCC1CCCCN1CCCCCl. The Hall–Kier alpha value is 0.210. The van der Waals surface area contributed by atoms with Gasteiger partial charge < -0.3 is 10.0 Å². The van der Waals surface area contributed by atoms with Crippen LogP contribution in [0.5, 0.6) is 0 Å². The molecule has 1 aliphatic heterocycles. The Kier molecular flexibility index (Phi) is 6.57. The van der Waals surface area contributed by atoms with E-state index in [4.69, 9.17) is 16.7 Å². The van der Waals surface area contributed by atoms with E-state index in [0.29, 0.717) is 12.6 Å². The van der Waals surface area contributed by atoms with Crippen molar-refractivity contribution in [2.45, 2.75) is 44.6 Å². The summed E-state index contributed by atoms with van der Waals surface area (Å²) in [7, 11) is 0. The second-order valence-corrected chi connectivity index (χ2v) is 4.47.